The summed E-state index contributed by atoms with van der Waals surface area (Å²) in [5, 5.41) is 3.90. The Morgan fingerprint density at radius 1 is 1.16 bits per heavy atom. The van der Waals surface area contributed by atoms with Crippen LogP contribution in [-0.4, -0.2) is 18.0 Å². The number of anilines is 1. The van der Waals surface area contributed by atoms with Crippen LogP contribution in [0.25, 0.3) is 10.1 Å². The minimum Gasteiger partial charge on any atom is -0.448 e. The molecule has 4 nitrogen and oxygen atoms in total. The normalized spacial score (nSPS) is 12.0. The Morgan fingerprint density at radius 3 is 2.64 bits per heavy atom. The summed E-state index contributed by atoms with van der Waals surface area (Å²) in [6.07, 6.45) is -0.936. The molecule has 0 spiro atoms. The van der Waals surface area contributed by atoms with Crippen LogP contribution >= 0.6 is 22.9 Å². The number of carbonyl (C=O) groups excluding carboxylic acids is 2. The Morgan fingerprint density at radius 2 is 1.92 bits per heavy atom. The van der Waals surface area contributed by atoms with Crippen LogP contribution < -0.4 is 5.32 Å². The molecule has 3 rings (SSSR count). The molecule has 0 aliphatic heterocycles. The van der Waals surface area contributed by atoms with E-state index in [-0.39, 0.29) is 0 Å². The first-order valence-electron chi connectivity index (χ1n) is 7.71. The van der Waals surface area contributed by atoms with Gasteiger partial charge in [-0.15, -0.1) is 11.3 Å². The Hall–Kier alpha value is -2.37. The summed E-state index contributed by atoms with van der Waals surface area (Å²) in [5.74, 6) is -0.991. The first-order chi connectivity index (χ1) is 12.0. The zero-order valence-electron chi connectivity index (χ0n) is 13.7. The molecule has 6 heteroatoms. The molecule has 0 aliphatic carbocycles. The van der Waals surface area contributed by atoms with Crippen molar-refractivity contribution in [3.8, 4) is 0 Å². The summed E-state index contributed by atoms with van der Waals surface area (Å²) in [6, 6.07) is 14.9. The number of hydrogen-bond donors (Lipinski definition) is 1. The standard InChI is InChI=1S/C19H16ClNO3S/c1-11-6-5-7-13(10-11)21-18(22)12(2)24-19(23)17-16(20)14-8-3-4-9-15(14)25-17/h3-10,12H,1-2H3,(H,21,22)/t12-/m0/s1. The molecule has 25 heavy (non-hydrogen) atoms. The van der Waals surface area contributed by atoms with Crippen molar-refractivity contribution in [2.75, 3.05) is 5.32 Å². The molecule has 3 aromatic rings. The smallest absolute Gasteiger partial charge is 0.350 e. The van der Waals surface area contributed by atoms with E-state index in [1.54, 1.807) is 6.07 Å². The minimum absolute atomic E-state index is 0.304. The van der Waals surface area contributed by atoms with Gasteiger partial charge in [-0.2, -0.15) is 0 Å². The van der Waals surface area contributed by atoms with Crippen LogP contribution in [0.3, 0.4) is 0 Å². The van der Waals surface area contributed by atoms with Gasteiger partial charge in [0, 0.05) is 15.8 Å². The number of esters is 1. The van der Waals surface area contributed by atoms with E-state index in [2.05, 4.69) is 5.32 Å². The monoisotopic (exact) mass is 373 g/mol. The third-order valence-corrected chi connectivity index (χ3v) is 5.31. The number of thiophene rings is 1. The molecule has 1 amide bonds. The number of fused-ring (bicyclic) bond motifs is 1. The molecule has 0 fully saturated rings. The average molecular weight is 374 g/mol. The minimum atomic E-state index is -0.936. The van der Waals surface area contributed by atoms with Gasteiger partial charge in [-0.3, -0.25) is 4.79 Å². The number of aryl methyl sites for hydroxylation is 1. The summed E-state index contributed by atoms with van der Waals surface area (Å²) in [6.45, 7) is 3.47. The molecule has 1 N–H and O–H groups in total. The predicted octanol–water partition coefficient (Wildman–Crippen LogP) is 5.05. The maximum Gasteiger partial charge on any atom is 0.350 e. The van der Waals surface area contributed by atoms with E-state index in [0.717, 1.165) is 15.6 Å². The van der Waals surface area contributed by atoms with Crippen molar-refractivity contribution < 1.29 is 14.3 Å². The van der Waals surface area contributed by atoms with Crippen LogP contribution in [0.4, 0.5) is 5.69 Å². The molecule has 2 aromatic carbocycles. The van der Waals surface area contributed by atoms with Crippen LogP contribution in [0.5, 0.6) is 0 Å². The Kier molecular flexibility index (Phi) is 5.06. The van der Waals surface area contributed by atoms with E-state index < -0.39 is 18.0 Å². The van der Waals surface area contributed by atoms with E-state index in [9.17, 15) is 9.59 Å². The van der Waals surface area contributed by atoms with Crippen LogP contribution in [-0.2, 0) is 9.53 Å². The topological polar surface area (TPSA) is 55.4 Å². The molecule has 1 aromatic heterocycles. The number of halogens is 1. The zero-order valence-corrected chi connectivity index (χ0v) is 15.3. The molecule has 1 atom stereocenters. The Bertz CT molecular complexity index is 951. The maximum atomic E-state index is 12.4. The number of amides is 1. The molecule has 0 saturated carbocycles. The van der Waals surface area contributed by atoms with E-state index in [0.29, 0.717) is 15.6 Å². The van der Waals surface area contributed by atoms with Crippen LogP contribution in [0.2, 0.25) is 5.02 Å². The number of carbonyl (C=O) groups is 2. The lowest BCUT2D eigenvalue weighted by Gasteiger charge is -2.13. The van der Waals surface area contributed by atoms with Crippen molar-refractivity contribution >= 4 is 50.6 Å². The highest BCUT2D eigenvalue weighted by Gasteiger charge is 2.23. The number of benzene rings is 2. The van der Waals surface area contributed by atoms with Gasteiger partial charge >= 0.3 is 5.97 Å². The third-order valence-electron chi connectivity index (χ3n) is 3.66. The molecule has 0 aliphatic rings. The molecular formula is C19H16ClNO3S. The van der Waals surface area contributed by atoms with Crippen molar-refractivity contribution in [2.45, 2.75) is 20.0 Å². The van der Waals surface area contributed by atoms with Gasteiger partial charge < -0.3 is 10.1 Å². The lowest BCUT2D eigenvalue weighted by Crippen LogP contribution is -2.29. The highest BCUT2D eigenvalue weighted by Crippen LogP contribution is 2.35. The van der Waals surface area contributed by atoms with Gasteiger partial charge in [0.2, 0.25) is 0 Å². The van der Waals surface area contributed by atoms with E-state index in [4.69, 9.17) is 16.3 Å². The number of ether oxygens (including phenoxy) is 1. The van der Waals surface area contributed by atoms with Crippen molar-refractivity contribution in [1.29, 1.82) is 0 Å². The summed E-state index contributed by atoms with van der Waals surface area (Å²) >= 11 is 7.52. The van der Waals surface area contributed by atoms with Gasteiger partial charge in [0.25, 0.3) is 5.91 Å². The first kappa shape index (κ1) is 17.5. The first-order valence-corrected chi connectivity index (χ1v) is 8.90. The second-order valence-electron chi connectivity index (χ2n) is 5.65. The lowest BCUT2D eigenvalue weighted by molar-refractivity contribution is -0.123. The summed E-state index contributed by atoms with van der Waals surface area (Å²) in [4.78, 5) is 24.9. The zero-order chi connectivity index (χ0) is 18.0. The molecule has 0 saturated heterocycles. The summed E-state index contributed by atoms with van der Waals surface area (Å²) in [5.41, 5.74) is 1.69. The van der Waals surface area contributed by atoms with Crippen LogP contribution in [0, 0.1) is 6.92 Å². The largest absolute Gasteiger partial charge is 0.448 e. The van der Waals surface area contributed by atoms with E-state index in [1.165, 1.54) is 18.3 Å². The van der Waals surface area contributed by atoms with Gasteiger partial charge in [0.15, 0.2) is 6.10 Å². The van der Waals surface area contributed by atoms with Gasteiger partial charge in [0.1, 0.15) is 4.88 Å². The molecule has 0 unspecified atom stereocenters. The Labute approximate surface area is 154 Å². The SMILES string of the molecule is Cc1cccc(NC(=O)[C@H](C)OC(=O)c2sc3ccccc3c2Cl)c1. The fraction of sp³-hybridized carbons (Fsp3) is 0.158. The van der Waals surface area contributed by atoms with Crippen LogP contribution in [0.1, 0.15) is 22.2 Å². The maximum absolute atomic E-state index is 12.4. The van der Waals surface area contributed by atoms with Crippen molar-refractivity contribution in [3.05, 3.63) is 64.0 Å². The second-order valence-corrected chi connectivity index (χ2v) is 7.08. The Balaban J connectivity index is 1.71. The second kappa shape index (κ2) is 7.25. The average Bonchev–Trinajstić information content (AvgIpc) is 2.92. The summed E-state index contributed by atoms with van der Waals surface area (Å²) < 4.78 is 6.19. The number of hydrogen-bond acceptors (Lipinski definition) is 4. The molecule has 0 radical (unpaired) electrons. The van der Waals surface area contributed by atoms with Gasteiger partial charge in [0.05, 0.1) is 5.02 Å². The van der Waals surface area contributed by atoms with Gasteiger partial charge in [-0.05, 0) is 37.6 Å². The summed E-state index contributed by atoms with van der Waals surface area (Å²) in [7, 11) is 0. The predicted molar refractivity (Wildman–Crippen MR) is 102 cm³/mol. The lowest BCUT2D eigenvalue weighted by atomic mass is 10.2. The van der Waals surface area contributed by atoms with Gasteiger partial charge in [-0.1, -0.05) is 41.9 Å². The number of rotatable bonds is 4. The van der Waals surface area contributed by atoms with Crippen molar-refractivity contribution in [3.63, 3.8) is 0 Å². The van der Waals surface area contributed by atoms with Crippen molar-refractivity contribution in [1.82, 2.24) is 0 Å². The molecule has 1 heterocycles. The molecule has 0 bridgehead atoms. The molecule has 128 valence electrons. The fourth-order valence-corrected chi connectivity index (χ4v) is 3.77. The highest BCUT2D eigenvalue weighted by atomic mass is 35.5. The molecular weight excluding hydrogens is 358 g/mol. The van der Waals surface area contributed by atoms with Crippen LogP contribution in [0.15, 0.2) is 48.5 Å². The number of nitrogens with one attached hydrogen (secondary N) is 1. The quantitative estimate of drug-likeness (QED) is 0.651. The third kappa shape index (κ3) is 3.83. The van der Waals surface area contributed by atoms with E-state index >= 15 is 0 Å². The van der Waals surface area contributed by atoms with Crippen molar-refractivity contribution in [2.24, 2.45) is 0 Å². The highest BCUT2D eigenvalue weighted by molar-refractivity contribution is 7.21. The fourth-order valence-electron chi connectivity index (χ4n) is 2.38. The van der Waals surface area contributed by atoms with Gasteiger partial charge in [-0.25, -0.2) is 4.79 Å². The van der Waals surface area contributed by atoms with E-state index in [1.807, 2.05) is 49.4 Å².